The molecule has 1 aromatic heterocycles. The van der Waals surface area contributed by atoms with E-state index in [0.29, 0.717) is 30.4 Å². The number of nitrogens with zero attached hydrogens (tertiary/aromatic N) is 2. The van der Waals surface area contributed by atoms with Gasteiger partial charge in [0.15, 0.2) is 0 Å². The van der Waals surface area contributed by atoms with Gasteiger partial charge in [-0.3, -0.25) is 4.98 Å². The van der Waals surface area contributed by atoms with Crippen molar-refractivity contribution in [3.8, 4) is 0 Å². The predicted molar refractivity (Wildman–Crippen MR) is 98.2 cm³/mol. The van der Waals surface area contributed by atoms with E-state index in [9.17, 15) is 8.42 Å². The Hall–Kier alpha value is -1.50. The summed E-state index contributed by atoms with van der Waals surface area (Å²) >= 11 is 0. The van der Waals surface area contributed by atoms with Gasteiger partial charge in [-0.05, 0) is 37.4 Å². The van der Waals surface area contributed by atoms with Gasteiger partial charge in [-0.2, -0.15) is 4.31 Å². The molecular formula is C18H27N3O2S. The molecule has 132 valence electrons. The molecule has 0 bridgehead atoms. The fourth-order valence-electron chi connectivity index (χ4n) is 2.80. The van der Waals surface area contributed by atoms with Crippen LogP contribution in [0.15, 0.2) is 41.6 Å². The topological polar surface area (TPSA) is 76.3 Å². The van der Waals surface area contributed by atoms with E-state index in [1.54, 1.807) is 34.9 Å². The van der Waals surface area contributed by atoms with Gasteiger partial charge in [0.2, 0.25) is 10.0 Å². The van der Waals surface area contributed by atoms with Gasteiger partial charge < -0.3 is 5.73 Å². The maximum absolute atomic E-state index is 13.0. The zero-order valence-electron chi connectivity index (χ0n) is 14.5. The average molecular weight is 350 g/mol. The van der Waals surface area contributed by atoms with Gasteiger partial charge in [0.25, 0.3) is 0 Å². The normalized spacial score (nSPS) is 13.5. The predicted octanol–water partition coefficient (Wildman–Crippen LogP) is 3.01. The summed E-state index contributed by atoms with van der Waals surface area (Å²) in [7, 11) is -3.50. The first-order valence-electron chi connectivity index (χ1n) is 8.53. The largest absolute Gasteiger partial charge is 0.330 e. The maximum Gasteiger partial charge on any atom is 0.243 e. The van der Waals surface area contributed by atoms with Crippen molar-refractivity contribution < 1.29 is 8.42 Å². The molecule has 1 heterocycles. The first-order chi connectivity index (χ1) is 11.5. The second kappa shape index (κ2) is 8.55. The van der Waals surface area contributed by atoms with Gasteiger partial charge in [-0.25, -0.2) is 8.42 Å². The third-order valence-electron chi connectivity index (χ3n) is 4.37. The van der Waals surface area contributed by atoms with Crippen molar-refractivity contribution in [2.24, 2.45) is 11.7 Å². The third kappa shape index (κ3) is 4.32. The van der Waals surface area contributed by atoms with E-state index in [0.717, 1.165) is 30.0 Å². The van der Waals surface area contributed by atoms with Crippen molar-refractivity contribution >= 4 is 20.8 Å². The van der Waals surface area contributed by atoms with E-state index in [-0.39, 0.29) is 0 Å². The highest BCUT2D eigenvalue weighted by atomic mass is 32.2. The quantitative estimate of drug-likeness (QED) is 0.706. The number of hydrogen-bond donors (Lipinski definition) is 1. The number of nitrogens with two attached hydrogens (primary N) is 1. The zero-order chi connectivity index (χ0) is 17.6. The van der Waals surface area contributed by atoms with Gasteiger partial charge >= 0.3 is 0 Å². The van der Waals surface area contributed by atoms with Crippen LogP contribution in [0.4, 0.5) is 0 Å². The van der Waals surface area contributed by atoms with Crippen molar-refractivity contribution in [2.75, 3.05) is 19.6 Å². The molecule has 0 spiro atoms. The Morgan fingerprint density at radius 1 is 1.25 bits per heavy atom. The van der Waals surface area contributed by atoms with E-state index in [2.05, 4.69) is 11.9 Å². The fraction of sp³-hybridized carbons (Fsp3) is 0.500. The van der Waals surface area contributed by atoms with Crippen molar-refractivity contribution in [3.05, 3.63) is 36.7 Å². The van der Waals surface area contributed by atoms with E-state index < -0.39 is 10.0 Å². The molecule has 2 aromatic rings. The molecule has 0 fully saturated rings. The molecule has 2 rings (SSSR count). The van der Waals surface area contributed by atoms with E-state index in [1.807, 2.05) is 13.0 Å². The Morgan fingerprint density at radius 2 is 2.04 bits per heavy atom. The molecule has 0 aliphatic heterocycles. The van der Waals surface area contributed by atoms with E-state index in [1.165, 1.54) is 0 Å². The van der Waals surface area contributed by atoms with Gasteiger partial charge in [0, 0.05) is 36.3 Å². The molecule has 1 unspecified atom stereocenters. The lowest BCUT2D eigenvalue weighted by Gasteiger charge is -2.21. The summed E-state index contributed by atoms with van der Waals surface area (Å²) in [5, 5.41) is 1.56. The summed E-state index contributed by atoms with van der Waals surface area (Å²) in [6.45, 7) is 5.69. The zero-order valence-corrected chi connectivity index (χ0v) is 15.3. The van der Waals surface area contributed by atoms with Gasteiger partial charge in [-0.15, -0.1) is 0 Å². The highest BCUT2D eigenvalue weighted by Gasteiger charge is 2.24. The molecule has 0 saturated heterocycles. The summed E-state index contributed by atoms with van der Waals surface area (Å²) < 4.78 is 27.7. The van der Waals surface area contributed by atoms with Crippen molar-refractivity contribution in [3.63, 3.8) is 0 Å². The van der Waals surface area contributed by atoms with Crippen LogP contribution in [0.5, 0.6) is 0 Å². The minimum atomic E-state index is -3.50. The first-order valence-corrected chi connectivity index (χ1v) is 9.97. The molecule has 1 atom stereocenters. The third-order valence-corrected chi connectivity index (χ3v) is 6.40. The summed E-state index contributed by atoms with van der Waals surface area (Å²) in [6, 6.07) is 7.09. The Balaban J connectivity index is 2.17. The van der Waals surface area contributed by atoms with Gasteiger partial charge in [0.05, 0.1) is 4.90 Å². The molecule has 1 aromatic carbocycles. The number of hydrogen-bond acceptors (Lipinski definition) is 4. The molecule has 2 N–H and O–H groups in total. The highest BCUT2D eigenvalue weighted by molar-refractivity contribution is 7.89. The minimum Gasteiger partial charge on any atom is -0.330 e. The van der Waals surface area contributed by atoms with Gasteiger partial charge in [-0.1, -0.05) is 32.4 Å². The molecule has 0 amide bonds. The van der Waals surface area contributed by atoms with Crippen LogP contribution in [-0.2, 0) is 10.0 Å². The van der Waals surface area contributed by atoms with Crippen LogP contribution in [0, 0.1) is 5.92 Å². The molecule has 0 aliphatic carbocycles. The molecular weight excluding hydrogens is 322 g/mol. The van der Waals surface area contributed by atoms with Crippen molar-refractivity contribution in [1.82, 2.24) is 9.29 Å². The number of rotatable bonds is 9. The highest BCUT2D eigenvalue weighted by Crippen LogP contribution is 2.25. The number of aromatic nitrogens is 1. The lowest BCUT2D eigenvalue weighted by atomic mass is 10.0. The van der Waals surface area contributed by atoms with Crippen LogP contribution in [0.1, 0.15) is 33.1 Å². The first kappa shape index (κ1) is 18.8. The van der Waals surface area contributed by atoms with E-state index >= 15 is 0 Å². The average Bonchev–Trinajstić information content (AvgIpc) is 2.60. The summed E-state index contributed by atoms with van der Waals surface area (Å²) in [5.74, 6) is 0.488. The lowest BCUT2D eigenvalue weighted by molar-refractivity contribution is 0.402. The summed E-state index contributed by atoms with van der Waals surface area (Å²) in [5.41, 5.74) is 5.63. The fourth-order valence-corrected chi connectivity index (χ4v) is 4.51. The van der Waals surface area contributed by atoms with Crippen LogP contribution in [-0.4, -0.2) is 37.3 Å². The van der Waals surface area contributed by atoms with Crippen LogP contribution in [0.3, 0.4) is 0 Å². The second-order valence-electron chi connectivity index (χ2n) is 6.19. The molecule has 5 nitrogen and oxygen atoms in total. The monoisotopic (exact) mass is 349 g/mol. The standard InChI is InChI=1S/C18H27N3O2S/c1-3-21(12-5-4-7-15(2)13-19)24(22,23)18-9-6-8-16-14-20-11-10-17(16)18/h6,8-11,14-15H,3-5,7,12-13,19H2,1-2H3. The molecule has 0 aliphatic rings. The van der Waals surface area contributed by atoms with Crippen molar-refractivity contribution in [2.45, 2.75) is 38.0 Å². The van der Waals surface area contributed by atoms with Gasteiger partial charge in [0.1, 0.15) is 0 Å². The van der Waals surface area contributed by atoms with E-state index in [4.69, 9.17) is 5.73 Å². The lowest BCUT2D eigenvalue weighted by Crippen LogP contribution is -2.32. The Kier molecular flexibility index (Phi) is 6.71. The van der Waals surface area contributed by atoms with Crippen LogP contribution in [0.25, 0.3) is 10.8 Å². The smallest absolute Gasteiger partial charge is 0.243 e. The van der Waals surface area contributed by atoms with Crippen LogP contribution < -0.4 is 5.73 Å². The number of fused-ring (bicyclic) bond motifs is 1. The van der Waals surface area contributed by atoms with Crippen LogP contribution >= 0.6 is 0 Å². The molecule has 0 radical (unpaired) electrons. The van der Waals surface area contributed by atoms with Crippen LogP contribution in [0.2, 0.25) is 0 Å². The second-order valence-corrected chi connectivity index (χ2v) is 8.09. The molecule has 0 saturated carbocycles. The number of pyridine rings is 1. The number of unbranched alkanes of at least 4 members (excludes halogenated alkanes) is 1. The molecule has 6 heteroatoms. The minimum absolute atomic E-state index is 0.361. The SMILES string of the molecule is CCN(CCCCC(C)CN)S(=O)(=O)c1cccc2cnccc12. The number of sulfonamides is 1. The number of benzene rings is 1. The van der Waals surface area contributed by atoms with Crippen molar-refractivity contribution in [1.29, 1.82) is 0 Å². The Morgan fingerprint density at radius 3 is 2.75 bits per heavy atom. The molecule has 24 heavy (non-hydrogen) atoms. The maximum atomic E-state index is 13.0. The Bertz CT molecular complexity index is 756. The Labute approximate surface area is 144 Å². The summed E-state index contributed by atoms with van der Waals surface area (Å²) in [4.78, 5) is 4.43. The summed E-state index contributed by atoms with van der Waals surface area (Å²) in [6.07, 6.45) is 6.20.